The Bertz CT molecular complexity index is 1300. The van der Waals surface area contributed by atoms with Crippen LogP contribution in [0.2, 0.25) is 0 Å². The van der Waals surface area contributed by atoms with Crippen molar-refractivity contribution in [1.82, 2.24) is 24.8 Å². The van der Waals surface area contributed by atoms with Crippen LogP contribution in [-0.4, -0.2) is 31.9 Å². The first kappa shape index (κ1) is 20.3. The molecular formula is C22H20FN5O3. The second-order valence-corrected chi connectivity index (χ2v) is 6.86. The van der Waals surface area contributed by atoms with Crippen molar-refractivity contribution in [3.8, 4) is 28.6 Å². The summed E-state index contributed by atoms with van der Waals surface area (Å²) in [6, 6.07) is 15.0. The number of hydrogen-bond donors (Lipinski definition) is 0. The Kier molecular flexibility index (Phi) is 5.48. The van der Waals surface area contributed by atoms with Gasteiger partial charge in [0, 0.05) is 24.2 Å². The number of halogens is 1. The average molecular weight is 421 g/mol. The molecule has 0 saturated heterocycles. The van der Waals surface area contributed by atoms with Gasteiger partial charge in [-0.15, -0.1) is 0 Å². The van der Waals surface area contributed by atoms with E-state index in [1.54, 1.807) is 30.3 Å². The number of aromatic nitrogens is 5. The summed E-state index contributed by atoms with van der Waals surface area (Å²) in [6.07, 6.45) is 0. The molecule has 2 aromatic heterocycles. The molecule has 4 rings (SSSR count). The summed E-state index contributed by atoms with van der Waals surface area (Å²) < 4.78 is 27.4. The van der Waals surface area contributed by atoms with Crippen molar-refractivity contribution in [2.75, 3.05) is 7.11 Å². The van der Waals surface area contributed by atoms with E-state index < -0.39 is 0 Å². The van der Waals surface area contributed by atoms with E-state index in [4.69, 9.17) is 9.47 Å². The lowest BCUT2D eigenvalue weighted by atomic mass is 10.1. The first-order valence-corrected chi connectivity index (χ1v) is 9.49. The van der Waals surface area contributed by atoms with E-state index in [1.165, 1.54) is 31.0 Å². The van der Waals surface area contributed by atoms with Gasteiger partial charge >= 0.3 is 5.69 Å². The number of methoxy groups -OCH3 is 1. The van der Waals surface area contributed by atoms with Crippen LogP contribution in [0.5, 0.6) is 11.6 Å². The van der Waals surface area contributed by atoms with Crippen LogP contribution in [0.1, 0.15) is 11.1 Å². The minimum Gasteiger partial charge on any atom is -0.496 e. The van der Waals surface area contributed by atoms with Gasteiger partial charge in [-0.1, -0.05) is 18.2 Å². The van der Waals surface area contributed by atoms with Crippen LogP contribution >= 0.6 is 0 Å². The smallest absolute Gasteiger partial charge is 0.368 e. The third-order valence-corrected chi connectivity index (χ3v) is 4.86. The number of ether oxygens (including phenoxy) is 2. The Labute approximate surface area is 177 Å². The summed E-state index contributed by atoms with van der Waals surface area (Å²) in [5.41, 5.74) is 2.98. The quantitative estimate of drug-likeness (QED) is 0.476. The minimum atomic E-state index is -0.386. The number of aryl methyl sites for hydroxylation is 2. The third-order valence-electron chi connectivity index (χ3n) is 4.86. The van der Waals surface area contributed by atoms with E-state index in [-0.39, 0.29) is 18.1 Å². The van der Waals surface area contributed by atoms with Gasteiger partial charge < -0.3 is 9.47 Å². The number of tetrazole rings is 1. The Morgan fingerprint density at radius 3 is 2.61 bits per heavy atom. The molecule has 9 heteroatoms. The lowest BCUT2D eigenvalue weighted by Crippen LogP contribution is -2.23. The highest BCUT2D eigenvalue weighted by molar-refractivity contribution is 5.67. The van der Waals surface area contributed by atoms with Crippen molar-refractivity contribution in [3.05, 3.63) is 82.0 Å². The highest BCUT2D eigenvalue weighted by Crippen LogP contribution is 2.30. The molecule has 4 aromatic rings. The summed E-state index contributed by atoms with van der Waals surface area (Å²) >= 11 is 0. The monoisotopic (exact) mass is 421 g/mol. The zero-order valence-electron chi connectivity index (χ0n) is 17.2. The van der Waals surface area contributed by atoms with Crippen molar-refractivity contribution in [1.29, 1.82) is 0 Å². The van der Waals surface area contributed by atoms with Gasteiger partial charge in [-0.3, -0.25) is 0 Å². The van der Waals surface area contributed by atoms with Crippen LogP contribution in [0.25, 0.3) is 16.9 Å². The largest absolute Gasteiger partial charge is 0.496 e. The molecule has 0 amide bonds. The maximum absolute atomic E-state index is 13.8. The lowest BCUT2D eigenvalue weighted by Gasteiger charge is -2.13. The number of hydrogen-bond acceptors (Lipinski definition) is 6. The topological polar surface area (TPSA) is 84.1 Å². The molecule has 0 bridgehead atoms. The van der Waals surface area contributed by atoms with Crippen LogP contribution < -0.4 is 15.2 Å². The van der Waals surface area contributed by atoms with E-state index >= 15 is 0 Å². The molecule has 0 fully saturated rings. The third kappa shape index (κ3) is 4.02. The number of nitrogens with zero attached hydrogens (tertiary/aromatic N) is 5. The second-order valence-electron chi connectivity index (χ2n) is 6.86. The molecule has 2 aromatic carbocycles. The highest BCUT2D eigenvalue weighted by atomic mass is 19.1. The van der Waals surface area contributed by atoms with Gasteiger partial charge in [0.15, 0.2) is 0 Å². The molecule has 0 saturated carbocycles. The predicted octanol–water partition coefficient (Wildman–Crippen LogP) is 3.06. The molecule has 0 aliphatic heterocycles. The fourth-order valence-corrected chi connectivity index (χ4v) is 3.21. The lowest BCUT2D eigenvalue weighted by molar-refractivity contribution is 0.293. The maximum atomic E-state index is 13.8. The van der Waals surface area contributed by atoms with E-state index in [9.17, 15) is 9.18 Å². The van der Waals surface area contributed by atoms with Gasteiger partial charge in [-0.25, -0.2) is 14.2 Å². The Morgan fingerprint density at radius 1 is 1.06 bits per heavy atom. The summed E-state index contributed by atoms with van der Waals surface area (Å²) in [6.45, 7) is 2.08. The van der Waals surface area contributed by atoms with Gasteiger partial charge in [-0.2, -0.15) is 9.36 Å². The van der Waals surface area contributed by atoms with Gasteiger partial charge in [-0.05, 0) is 53.2 Å². The second kappa shape index (κ2) is 8.39. The van der Waals surface area contributed by atoms with Crippen molar-refractivity contribution < 1.29 is 13.9 Å². The number of rotatable bonds is 6. The minimum absolute atomic E-state index is 0.155. The van der Waals surface area contributed by atoms with E-state index in [2.05, 4.69) is 15.4 Å². The molecule has 0 N–H and O–H groups in total. The average Bonchev–Trinajstić information content (AvgIpc) is 3.11. The first-order valence-electron chi connectivity index (χ1n) is 9.49. The molecule has 0 spiro atoms. The van der Waals surface area contributed by atoms with Gasteiger partial charge in [0.05, 0.1) is 18.5 Å². The first-order chi connectivity index (χ1) is 15.0. The fourth-order valence-electron chi connectivity index (χ4n) is 3.21. The maximum Gasteiger partial charge on any atom is 0.368 e. The molecule has 8 nitrogen and oxygen atoms in total. The normalized spacial score (nSPS) is 10.8. The molecule has 0 aliphatic rings. The SMILES string of the molecule is COc1ccc(F)cc1-c1cccc(OCc2c(C)cccc2-n2nnn(C)c2=O)n1. The van der Waals surface area contributed by atoms with Gasteiger partial charge in [0.1, 0.15) is 18.2 Å². The summed E-state index contributed by atoms with van der Waals surface area (Å²) in [7, 11) is 3.05. The summed E-state index contributed by atoms with van der Waals surface area (Å²) in [5, 5.41) is 7.69. The van der Waals surface area contributed by atoms with Crippen LogP contribution in [-0.2, 0) is 13.7 Å². The fraction of sp³-hybridized carbons (Fsp3) is 0.182. The van der Waals surface area contributed by atoms with Crippen LogP contribution in [0, 0.1) is 12.7 Å². The van der Waals surface area contributed by atoms with Crippen molar-refractivity contribution in [2.24, 2.45) is 7.05 Å². The van der Waals surface area contributed by atoms with Crippen molar-refractivity contribution in [2.45, 2.75) is 13.5 Å². The molecule has 158 valence electrons. The Hall–Kier alpha value is -4.01. The van der Waals surface area contributed by atoms with Crippen molar-refractivity contribution >= 4 is 0 Å². The number of benzene rings is 2. The molecule has 0 atom stereocenters. The summed E-state index contributed by atoms with van der Waals surface area (Å²) in [5.74, 6) is 0.474. The molecule has 0 unspecified atom stereocenters. The standard InChI is InChI=1S/C22H20FN5O3/c1-14-6-4-8-19(28-22(29)27(2)25-26-28)17(14)13-31-21-9-5-7-18(24-21)16-12-15(23)10-11-20(16)30-3/h4-12H,13H2,1-3H3. The zero-order chi connectivity index (χ0) is 22.0. The highest BCUT2D eigenvalue weighted by Gasteiger charge is 2.15. The van der Waals surface area contributed by atoms with Crippen LogP contribution in [0.4, 0.5) is 4.39 Å². The van der Waals surface area contributed by atoms with E-state index in [0.717, 1.165) is 15.8 Å². The van der Waals surface area contributed by atoms with Crippen LogP contribution in [0.3, 0.4) is 0 Å². The number of pyridine rings is 1. The van der Waals surface area contributed by atoms with Crippen molar-refractivity contribution in [3.63, 3.8) is 0 Å². The Morgan fingerprint density at radius 2 is 1.87 bits per heavy atom. The molecule has 0 aliphatic carbocycles. The molecule has 0 radical (unpaired) electrons. The van der Waals surface area contributed by atoms with Gasteiger partial charge in [0.2, 0.25) is 5.88 Å². The molecule has 2 heterocycles. The zero-order valence-corrected chi connectivity index (χ0v) is 17.2. The molecule has 31 heavy (non-hydrogen) atoms. The van der Waals surface area contributed by atoms with Crippen LogP contribution in [0.15, 0.2) is 59.4 Å². The Balaban J connectivity index is 1.65. The van der Waals surface area contributed by atoms with E-state index in [1.807, 2.05) is 19.1 Å². The molecular weight excluding hydrogens is 401 g/mol. The van der Waals surface area contributed by atoms with E-state index in [0.29, 0.717) is 28.6 Å². The van der Waals surface area contributed by atoms with Gasteiger partial charge in [0.25, 0.3) is 0 Å². The predicted molar refractivity (Wildman–Crippen MR) is 112 cm³/mol. The summed E-state index contributed by atoms with van der Waals surface area (Å²) in [4.78, 5) is 16.8.